The molecular formula is C22H17ClN2O2S. The fourth-order valence-corrected chi connectivity index (χ4v) is 3.88. The average Bonchev–Trinajstić information content (AvgIpc) is 3.12. The Labute approximate surface area is 172 Å². The SMILES string of the molecule is Cc1csc(N(C(=O)/C=C/C2=Cc3cc(Cl)ccc3OC2)c2ccccc2)n1. The monoisotopic (exact) mass is 408 g/mol. The molecule has 0 unspecified atom stereocenters. The molecule has 0 spiro atoms. The summed E-state index contributed by atoms with van der Waals surface area (Å²) in [6, 6.07) is 15.0. The van der Waals surface area contributed by atoms with Crippen molar-refractivity contribution in [3.05, 3.63) is 87.9 Å². The van der Waals surface area contributed by atoms with Crippen LogP contribution in [-0.4, -0.2) is 17.5 Å². The number of para-hydroxylation sites is 1. The van der Waals surface area contributed by atoms with E-state index < -0.39 is 0 Å². The number of rotatable bonds is 4. The summed E-state index contributed by atoms with van der Waals surface area (Å²) < 4.78 is 5.74. The smallest absolute Gasteiger partial charge is 0.257 e. The number of carbonyl (C=O) groups excluding carboxylic acids is 1. The zero-order valence-electron chi connectivity index (χ0n) is 15.1. The highest BCUT2D eigenvalue weighted by Crippen LogP contribution is 2.31. The topological polar surface area (TPSA) is 42.4 Å². The Bertz CT molecular complexity index is 1070. The number of fused-ring (bicyclic) bond motifs is 1. The molecule has 1 amide bonds. The molecule has 4 nitrogen and oxygen atoms in total. The summed E-state index contributed by atoms with van der Waals surface area (Å²) in [6.45, 7) is 2.32. The first kappa shape index (κ1) is 18.5. The third-order valence-electron chi connectivity index (χ3n) is 4.18. The standard InChI is InChI=1S/C22H17ClN2O2S/c1-15-14-28-22(24-15)25(19-5-3-2-4-6-19)21(26)10-7-16-11-17-12-18(23)8-9-20(17)27-13-16/h2-12,14H,13H2,1H3/b10-7+. The number of amides is 1. The number of carbonyl (C=O) groups is 1. The molecule has 0 radical (unpaired) electrons. The van der Waals surface area contributed by atoms with Gasteiger partial charge in [-0.15, -0.1) is 11.3 Å². The molecule has 1 aromatic heterocycles. The van der Waals surface area contributed by atoms with Crippen LogP contribution in [0.4, 0.5) is 10.8 Å². The maximum Gasteiger partial charge on any atom is 0.257 e. The fourth-order valence-electron chi connectivity index (χ4n) is 2.87. The van der Waals surface area contributed by atoms with Crippen LogP contribution in [0.15, 0.2) is 71.6 Å². The molecule has 0 aliphatic carbocycles. The summed E-state index contributed by atoms with van der Waals surface area (Å²) in [5.74, 6) is 0.621. The lowest BCUT2D eigenvalue weighted by atomic mass is 10.1. The van der Waals surface area contributed by atoms with Crippen molar-refractivity contribution >= 4 is 45.7 Å². The average molecular weight is 409 g/mol. The van der Waals surface area contributed by atoms with E-state index in [-0.39, 0.29) is 5.91 Å². The number of hydrogen-bond donors (Lipinski definition) is 0. The number of benzene rings is 2. The summed E-state index contributed by atoms with van der Waals surface area (Å²) in [5, 5.41) is 3.22. The summed E-state index contributed by atoms with van der Waals surface area (Å²) >= 11 is 7.50. The van der Waals surface area contributed by atoms with Crippen LogP contribution in [0.25, 0.3) is 6.08 Å². The molecule has 1 aliphatic rings. The van der Waals surface area contributed by atoms with Gasteiger partial charge in [-0.1, -0.05) is 35.9 Å². The van der Waals surface area contributed by atoms with Crippen molar-refractivity contribution in [1.29, 1.82) is 0 Å². The molecule has 2 aromatic carbocycles. The third-order valence-corrected chi connectivity index (χ3v) is 5.36. The van der Waals surface area contributed by atoms with Crippen LogP contribution in [0.2, 0.25) is 5.02 Å². The molecule has 140 valence electrons. The minimum atomic E-state index is -0.168. The van der Waals surface area contributed by atoms with Gasteiger partial charge in [0.1, 0.15) is 12.4 Å². The van der Waals surface area contributed by atoms with Crippen LogP contribution in [0.5, 0.6) is 5.75 Å². The Balaban J connectivity index is 1.61. The van der Waals surface area contributed by atoms with Gasteiger partial charge in [0, 0.05) is 22.0 Å². The van der Waals surface area contributed by atoms with E-state index in [2.05, 4.69) is 4.98 Å². The predicted molar refractivity (Wildman–Crippen MR) is 115 cm³/mol. The zero-order valence-corrected chi connectivity index (χ0v) is 16.7. The second kappa shape index (κ2) is 8.00. The van der Waals surface area contributed by atoms with Crippen molar-refractivity contribution in [2.45, 2.75) is 6.92 Å². The minimum absolute atomic E-state index is 0.168. The van der Waals surface area contributed by atoms with Crippen LogP contribution in [0, 0.1) is 6.92 Å². The van der Waals surface area contributed by atoms with Crippen molar-refractivity contribution in [2.75, 3.05) is 11.5 Å². The predicted octanol–water partition coefficient (Wildman–Crippen LogP) is 5.80. The Hall–Kier alpha value is -2.89. The Morgan fingerprint density at radius 2 is 2.07 bits per heavy atom. The van der Waals surface area contributed by atoms with Gasteiger partial charge >= 0.3 is 0 Å². The minimum Gasteiger partial charge on any atom is -0.488 e. The highest BCUT2D eigenvalue weighted by atomic mass is 35.5. The molecule has 0 saturated carbocycles. The van der Waals surface area contributed by atoms with Gasteiger partial charge in [0.2, 0.25) is 0 Å². The first-order chi connectivity index (χ1) is 13.6. The molecule has 6 heteroatoms. The van der Waals surface area contributed by atoms with E-state index in [1.807, 2.05) is 60.8 Å². The lowest BCUT2D eigenvalue weighted by Gasteiger charge is -2.19. The van der Waals surface area contributed by atoms with Gasteiger partial charge in [-0.25, -0.2) is 4.98 Å². The largest absolute Gasteiger partial charge is 0.488 e. The normalized spacial score (nSPS) is 13.0. The maximum absolute atomic E-state index is 13.0. The molecule has 4 rings (SSSR count). The number of aryl methyl sites for hydroxylation is 1. The lowest BCUT2D eigenvalue weighted by molar-refractivity contribution is -0.113. The van der Waals surface area contributed by atoms with Crippen LogP contribution in [0.3, 0.4) is 0 Å². The Morgan fingerprint density at radius 1 is 1.25 bits per heavy atom. The second-order valence-electron chi connectivity index (χ2n) is 6.30. The Kier molecular flexibility index (Phi) is 5.28. The number of ether oxygens (including phenoxy) is 1. The summed E-state index contributed by atoms with van der Waals surface area (Å²) in [5.41, 5.74) is 3.46. The summed E-state index contributed by atoms with van der Waals surface area (Å²) in [4.78, 5) is 19.1. The molecule has 1 aliphatic heterocycles. The van der Waals surface area contributed by atoms with Crippen molar-refractivity contribution in [1.82, 2.24) is 4.98 Å². The molecule has 3 aromatic rings. The fraction of sp³-hybridized carbons (Fsp3) is 0.0909. The van der Waals surface area contributed by atoms with Gasteiger partial charge in [-0.05, 0) is 48.9 Å². The van der Waals surface area contributed by atoms with Crippen LogP contribution < -0.4 is 9.64 Å². The Morgan fingerprint density at radius 3 is 2.82 bits per heavy atom. The van der Waals surface area contributed by atoms with Crippen molar-refractivity contribution in [2.24, 2.45) is 0 Å². The molecule has 0 atom stereocenters. The van der Waals surface area contributed by atoms with Gasteiger partial charge in [0.25, 0.3) is 5.91 Å². The first-order valence-corrected chi connectivity index (χ1v) is 9.98. The first-order valence-electron chi connectivity index (χ1n) is 8.72. The highest BCUT2D eigenvalue weighted by molar-refractivity contribution is 7.14. The lowest BCUT2D eigenvalue weighted by Crippen LogP contribution is -2.23. The molecule has 0 fully saturated rings. The number of anilines is 2. The molecule has 28 heavy (non-hydrogen) atoms. The molecule has 0 bridgehead atoms. The summed E-state index contributed by atoms with van der Waals surface area (Å²) in [7, 11) is 0. The second-order valence-corrected chi connectivity index (χ2v) is 7.58. The third kappa shape index (κ3) is 4.01. The number of thiazole rings is 1. The molecule has 2 heterocycles. The van der Waals surface area contributed by atoms with Crippen LogP contribution >= 0.6 is 22.9 Å². The number of aromatic nitrogens is 1. The van der Waals surface area contributed by atoms with Gasteiger partial charge in [-0.2, -0.15) is 0 Å². The van der Waals surface area contributed by atoms with E-state index in [9.17, 15) is 4.79 Å². The number of hydrogen-bond acceptors (Lipinski definition) is 4. The van der Waals surface area contributed by atoms with Crippen LogP contribution in [0.1, 0.15) is 11.3 Å². The van der Waals surface area contributed by atoms with E-state index in [1.165, 1.54) is 11.3 Å². The van der Waals surface area contributed by atoms with E-state index >= 15 is 0 Å². The van der Waals surface area contributed by atoms with Gasteiger partial charge in [0.15, 0.2) is 5.13 Å². The molecular weight excluding hydrogens is 392 g/mol. The van der Waals surface area contributed by atoms with Gasteiger partial charge < -0.3 is 4.74 Å². The van der Waals surface area contributed by atoms with Crippen molar-refractivity contribution in [3.63, 3.8) is 0 Å². The molecule has 0 N–H and O–H groups in total. The van der Waals surface area contributed by atoms with Crippen molar-refractivity contribution in [3.8, 4) is 5.75 Å². The quantitative estimate of drug-likeness (QED) is 0.512. The zero-order chi connectivity index (χ0) is 19.5. The summed E-state index contributed by atoms with van der Waals surface area (Å²) in [6.07, 6.45) is 5.31. The van der Waals surface area contributed by atoms with E-state index in [1.54, 1.807) is 23.1 Å². The van der Waals surface area contributed by atoms with Crippen LogP contribution in [-0.2, 0) is 4.79 Å². The number of nitrogens with zero attached hydrogens (tertiary/aromatic N) is 2. The van der Waals surface area contributed by atoms with Crippen molar-refractivity contribution < 1.29 is 9.53 Å². The highest BCUT2D eigenvalue weighted by Gasteiger charge is 2.19. The molecule has 0 saturated heterocycles. The van der Waals surface area contributed by atoms with Gasteiger partial charge in [-0.3, -0.25) is 9.69 Å². The van der Waals surface area contributed by atoms with E-state index in [0.29, 0.717) is 16.8 Å². The van der Waals surface area contributed by atoms with E-state index in [4.69, 9.17) is 16.3 Å². The number of halogens is 1. The maximum atomic E-state index is 13.0. The van der Waals surface area contributed by atoms with Gasteiger partial charge in [0.05, 0.1) is 11.4 Å². The van der Waals surface area contributed by atoms with E-state index in [0.717, 1.165) is 28.3 Å².